The molecule has 2 amide bonds. The molecule has 136 valence electrons. The van der Waals surface area contributed by atoms with Gasteiger partial charge in [-0.3, -0.25) is 0 Å². The van der Waals surface area contributed by atoms with Crippen LogP contribution in [0, 0.1) is 0 Å². The summed E-state index contributed by atoms with van der Waals surface area (Å²) in [6.07, 6.45) is -1.73. The van der Waals surface area contributed by atoms with Crippen LogP contribution in [0.25, 0.3) is 0 Å². The largest absolute Gasteiger partial charge is 0.513 e. The highest BCUT2D eigenvalue weighted by atomic mass is 16.7. The number of anilines is 2. The summed E-state index contributed by atoms with van der Waals surface area (Å²) in [7, 11) is 2.38. The Labute approximate surface area is 148 Å². The molecule has 9 heteroatoms. The van der Waals surface area contributed by atoms with Crippen LogP contribution in [0.3, 0.4) is 0 Å². The molecule has 2 aromatic rings. The second kappa shape index (κ2) is 8.92. The average molecular weight is 360 g/mol. The number of amides is 2. The van der Waals surface area contributed by atoms with Crippen molar-refractivity contribution in [2.45, 2.75) is 0 Å². The number of benzene rings is 2. The Balaban J connectivity index is 1.98. The van der Waals surface area contributed by atoms with Crippen molar-refractivity contribution in [3.8, 4) is 11.5 Å². The number of carbonyl (C=O) groups is 3. The van der Waals surface area contributed by atoms with Crippen molar-refractivity contribution in [1.82, 2.24) is 0 Å². The number of ether oxygens (including phenoxy) is 4. The summed E-state index contributed by atoms with van der Waals surface area (Å²) in [6, 6.07) is 11.8. The summed E-state index contributed by atoms with van der Waals surface area (Å²) in [5, 5.41) is 5.16. The first-order valence-electron chi connectivity index (χ1n) is 7.30. The van der Waals surface area contributed by atoms with Crippen LogP contribution in [0.4, 0.5) is 25.8 Å². The fourth-order valence-electron chi connectivity index (χ4n) is 1.84. The van der Waals surface area contributed by atoms with E-state index in [1.165, 1.54) is 38.5 Å². The number of hydrogen-bond donors (Lipinski definition) is 2. The topological polar surface area (TPSA) is 112 Å². The number of rotatable bonds is 4. The SMILES string of the molecule is COC(=O)Oc1cccc(NC(=O)Nc2cccc(OC(=O)OC)c2)c1. The molecule has 0 saturated carbocycles. The van der Waals surface area contributed by atoms with Crippen LogP contribution in [-0.2, 0) is 9.47 Å². The second-order valence-corrected chi connectivity index (χ2v) is 4.75. The summed E-state index contributed by atoms with van der Waals surface area (Å²) in [5.41, 5.74) is 0.789. The van der Waals surface area contributed by atoms with Crippen molar-refractivity contribution >= 4 is 29.7 Å². The predicted molar refractivity (Wildman–Crippen MR) is 91.6 cm³/mol. The smallest absolute Gasteiger partial charge is 0.437 e. The fraction of sp³-hybridized carbons (Fsp3) is 0.118. The van der Waals surface area contributed by atoms with Crippen molar-refractivity contribution in [3.63, 3.8) is 0 Å². The van der Waals surface area contributed by atoms with Gasteiger partial charge in [-0.05, 0) is 24.3 Å². The molecule has 0 aliphatic rings. The molecule has 0 aromatic heterocycles. The number of methoxy groups -OCH3 is 2. The molecule has 0 radical (unpaired) electrons. The highest BCUT2D eigenvalue weighted by molar-refractivity contribution is 6.00. The third-order valence-electron chi connectivity index (χ3n) is 2.92. The van der Waals surface area contributed by atoms with E-state index in [0.717, 1.165) is 0 Å². The number of nitrogens with one attached hydrogen (secondary N) is 2. The van der Waals surface area contributed by atoms with Gasteiger partial charge in [-0.25, -0.2) is 14.4 Å². The van der Waals surface area contributed by atoms with Gasteiger partial charge in [0.15, 0.2) is 0 Å². The molecule has 2 aromatic carbocycles. The van der Waals surface area contributed by atoms with Gasteiger partial charge in [-0.15, -0.1) is 0 Å². The van der Waals surface area contributed by atoms with E-state index in [4.69, 9.17) is 9.47 Å². The van der Waals surface area contributed by atoms with Crippen LogP contribution >= 0.6 is 0 Å². The number of carbonyl (C=O) groups excluding carboxylic acids is 3. The van der Waals surface area contributed by atoms with Crippen molar-refractivity contribution in [3.05, 3.63) is 48.5 Å². The minimum absolute atomic E-state index is 0.211. The molecule has 0 aliphatic carbocycles. The van der Waals surface area contributed by atoms with E-state index in [1.807, 2.05) is 0 Å². The minimum atomic E-state index is -0.867. The van der Waals surface area contributed by atoms with Crippen molar-refractivity contribution < 1.29 is 33.3 Å². The Morgan fingerprint density at radius 3 is 1.54 bits per heavy atom. The van der Waals surface area contributed by atoms with Crippen molar-refractivity contribution in [2.75, 3.05) is 24.9 Å². The van der Waals surface area contributed by atoms with E-state index in [2.05, 4.69) is 20.1 Å². The van der Waals surface area contributed by atoms with Crippen LogP contribution < -0.4 is 20.1 Å². The van der Waals surface area contributed by atoms with Crippen molar-refractivity contribution in [2.24, 2.45) is 0 Å². The Hall–Kier alpha value is -3.75. The third-order valence-corrected chi connectivity index (χ3v) is 2.92. The highest BCUT2D eigenvalue weighted by Crippen LogP contribution is 2.20. The summed E-state index contributed by atoms with van der Waals surface area (Å²) in [5.74, 6) is 0.422. The van der Waals surface area contributed by atoms with Crippen LogP contribution in [0.1, 0.15) is 0 Å². The van der Waals surface area contributed by atoms with Crippen LogP contribution in [0.5, 0.6) is 11.5 Å². The molecule has 2 N–H and O–H groups in total. The zero-order valence-corrected chi connectivity index (χ0v) is 14.0. The quantitative estimate of drug-likeness (QED) is 0.632. The molecular formula is C17H16N2O7. The lowest BCUT2D eigenvalue weighted by Gasteiger charge is -2.10. The predicted octanol–water partition coefficient (Wildman–Crippen LogP) is 3.62. The van der Waals surface area contributed by atoms with E-state index in [0.29, 0.717) is 11.4 Å². The van der Waals surface area contributed by atoms with E-state index >= 15 is 0 Å². The third kappa shape index (κ3) is 5.71. The molecule has 0 atom stereocenters. The lowest BCUT2D eigenvalue weighted by Crippen LogP contribution is -2.19. The standard InChI is InChI=1S/C17H16N2O7/c1-23-16(21)25-13-7-3-5-11(9-13)18-15(20)19-12-6-4-8-14(10-12)26-17(22)24-2/h3-10H,1-2H3,(H2,18,19,20). The van der Waals surface area contributed by atoms with Gasteiger partial charge in [0.1, 0.15) is 11.5 Å². The summed E-state index contributed by atoms with van der Waals surface area (Å²) < 4.78 is 18.5. The van der Waals surface area contributed by atoms with E-state index < -0.39 is 18.3 Å². The zero-order chi connectivity index (χ0) is 18.9. The normalized spacial score (nSPS) is 9.62. The molecule has 0 unspecified atom stereocenters. The maximum absolute atomic E-state index is 12.1. The van der Waals surface area contributed by atoms with Gasteiger partial charge < -0.3 is 29.6 Å². The molecule has 0 saturated heterocycles. The molecule has 0 bridgehead atoms. The van der Waals surface area contributed by atoms with Gasteiger partial charge in [-0.1, -0.05) is 12.1 Å². The summed E-state index contributed by atoms with van der Waals surface area (Å²) in [4.78, 5) is 34.3. The second-order valence-electron chi connectivity index (χ2n) is 4.75. The zero-order valence-electron chi connectivity index (χ0n) is 14.0. The Morgan fingerprint density at radius 1 is 0.731 bits per heavy atom. The minimum Gasteiger partial charge on any atom is -0.437 e. The van der Waals surface area contributed by atoms with Crippen LogP contribution in [-0.4, -0.2) is 32.6 Å². The first-order chi connectivity index (χ1) is 12.5. The lowest BCUT2D eigenvalue weighted by molar-refractivity contribution is 0.120. The molecule has 2 rings (SSSR count). The van der Waals surface area contributed by atoms with E-state index in [-0.39, 0.29) is 11.5 Å². The van der Waals surface area contributed by atoms with Crippen LogP contribution in [0.2, 0.25) is 0 Å². The van der Waals surface area contributed by atoms with Crippen LogP contribution in [0.15, 0.2) is 48.5 Å². The van der Waals surface area contributed by atoms with Gasteiger partial charge in [0.05, 0.1) is 14.2 Å². The number of urea groups is 1. The number of hydrogen-bond acceptors (Lipinski definition) is 7. The van der Waals surface area contributed by atoms with Gasteiger partial charge in [0.2, 0.25) is 0 Å². The monoisotopic (exact) mass is 360 g/mol. The van der Waals surface area contributed by atoms with Gasteiger partial charge in [-0.2, -0.15) is 0 Å². The van der Waals surface area contributed by atoms with Gasteiger partial charge in [0, 0.05) is 23.5 Å². The van der Waals surface area contributed by atoms with E-state index in [1.54, 1.807) is 24.3 Å². The van der Waals surface area contributed by atoms with E-state index in [9.17, 15) is 14.4 Å². The fourth-order valence-corrected chi connectivity index (χ4v) is 1.84. The molecule has 0 heterocycles. The highest BCUT2D eigenvalue weighted by Gasteiger charge is 2.08. The molecule has 0 aliphatic heterocycles. The first-order valence-corrected chi connectivity index (χ1v) is 7.30. The molecule has 0 spiro atoms. The molecular weight excluding hydrogens is 344 g/mol. The Kier molecular flexibility index (Phi) is 6.38. The average Bonchev–Trinajstić information content (AvgIpc) is 2.62. The molecule has 26 heavy (non-hydrogen) atoms. The van der Waals surface area contributed by atoms with Gasteiger partial charge in [0.25, 0.3) is 0 Å². The van der Waals surface area contributed by atoms with Gasteiger partial charge >= 0.3 is 18.3 Å². The van der Waals surface area contributed by atoms with Crippen molar-refractivity contribution in [1.29, 1.82) is 0 Å². The molecule has 9 nitrogen and oxygen atoms in total. The first kappa shape index (κ1) is 18.6. The Bertz CT molecular complexity index is 742. The Morgan fingerprint density at radius 2 is 1.15 bits per heavy atom. The summed E-state index contributed by atoms with van der Waals surface area (Å²) >= 11 is 0. The maximum Gasteiger partial charge on any atom is 0.513 e. The lowest BCUT2D eigenvalue weighted by atomic mass is 10.3. The molecule has 0 fully saturated rings. The maximum atomic E-state index is 12.1. The summed E-state index contributed by atoms with van der Waals surface area (Å²) in [6.45, 7) is 0.